The van der Waals surface area contributed by atoms with Gasteiger partial charge in [0.05, 0.1) is 12.2 Å². The number of hydrogen-bond donors (Lipinski definition) is 0. The van der Waals surface area contributed by atoms with Crippen LogP contribution >= 0.6 is 0 Å². The van der Waals surface area contributed by atoms with Gasteiger partial charge in [-0.2, -0.15) is 5.10 Å². The average Bonchev–Trinajstić information content (AvgIpc) is 3.35. The van der Waals surface area contributed by atoms with E-state index in [1.165, 1.54) is 5.56 Å². The van der Waals surface area contributed by atoms with Gasteiger partial charge >= 0.3 is 0 Å². The number of amides is 1. The number of aromatic nitrogens is 3. The van der Waals surface area contributed by atoms with Crippen LogP contribution in [0.15, 0.2) is 36.9 Å². The quantitative estimate of drug-likeness (QED) is 0.868. The molecule has 0 spiro atoms. The summed E-state index contributed by atoms with van der Waals surface area (Å²) in [5, 5.41) is 4.28. The van der Waals surface area contributed by atoms with Gasteiger partial charge in [0, 0.05) is 49.7 Å². The molecule has 0 N–H and O–H groups in total. The van der Waals surface area contributed by atoms with Gasteiger partial charge in [-0.15, -0.1) is 0 Å². The lowest BCUT2D eigenvalue weighted by Crippen LogP contribution is -2.37. The third-order valence-corrected chi connectivity index (χ3v) is 5.74. The van der Waals surface area contributed by atoms with Crippen LogP contribution in [-0.2, 0) is 11.8 Å². The van der Waals surface area contributed by atoms with Crippen LogP contribution in [0.4, 0.5) is 0 Å². The Balaban J connectivity index is 1.40. The van der Waals surface area contributed by atoms with Crippen LogP contribution in [0.25, 0.3) is 0 Å². The van der Waals surface area contributed by atoms with Crippen LogP contribution in [0.3, 0.4) is 0 Å². The van der Waals surface area contributed by atoms with E-state index in [9.17, 15) is 4.79 Å². The Morgan fingerprint density at radius 1 is 1.12 bits per heavy atom. The van der Waals surface area contributed by atoms with E-state index in [0.29, 0.717) is 11.9 Å². The lowest BCUT2D eigenvalue weighted by atomic mass is 9.85. The molecule has 1 atom stereocenters. The molecule has 1 unspecified atom stereocenters. The maximum Gasteiger partial charge on any atom is 0.226 e. The van der Waals surface area contributed by atoms with Gasteiger partial charge in [0.15, 0.2) is 0 Å². The second-order valence-corrected chi connectivity index (χ2v) is 7.27. The normalized spacial score (nSPS) is 27.5. The summed E-state index contributed by atoms with van der Waals surface area (Å²) in [6.07, 6.45) is 14.7. The van der Waals surface area contributed by atoms with Crippen molar-refractivity contribution in [3.8, 4) is 0 Å². The topological polar surface area (TPSA) is 43.1 Å². The molecule has 1 aliphatic heterocycles. The monoisotopic (exact) mass is 326 g/mol. The molecule has 5 nitrogen and oxygen atoms in total. The van der Waals surface area contributed by atoms with Gasteiger partial charge in [-0.3, -0.25) is 9.48 Å². The standard InChI is InChI=1S/C19H26N4O/c1-21-14-16(13-20-21)18-5-4-12-23(18)19(24)15-6-8-17(9-7-15)22-10-2-3-11-22/h2-3,10-11,13-15,17-18H,4-9,12H2,1H3. The summed E-state index contributed by atoms with van der Waals surface area (Å²) < 4.78 is 4.13. The molecule has 24 heavy (non-hydrogen) atoms. The molecule has 0 bridgehead atoms. The van der Waals surface area contributed by atoms with E-state index in [0.717, 1.165) is 45.1 Å². The van der Waals surface area contributed by atoms with Crippen LogP contribution in [0.2, 0.25) is 0 Å². The maximum atomic E-state index is 13.1. The van der Waals surface area contributed by atoms with Crippen LogP contribution < -0.4 is 0 Å². The highest BCUT2D eigenvalue weighted by atomic mass is 16.2. The first-order chi connectivity index (χ1) is 11.7. The highest BCUT2D eigenvalue weighted by molar-refractivity contribution is 5.79. The van der Waals surface area contributed by atoms with E-state index in [4.69, 9.17) is 0 Å². The summed E-state index contributed by atoms with van der Waals surface area (Å²) in [5.41, 5.74) is 1.18. The molecule has 2 fully saturated rings. The van der Waals surface area contributed by atoms with E-state index < -0.39 is 0 Å². The minimum atomic E-state index is 0.203. The van der Waals surface area contributed by atoms with E-state index in [1.807, 2.05) is 17.9 Å². The SMILES string of the molecule is Cn1cc(C2CCCN2C(=O)C2CCC(n3cccc3)CC2)cn1. The molecule has 1 aliphatic carbocycles. The van der Waals surface area contributed by atoms with Gasteiger partial charge in [-0.25, -0.2) is 0 Å². The van der Waals surface area contributed by atoms with Gasteiger partial charge in [-0.1, -0.05) is 0 Å². The van der Waals surface area contributed by atoms with Crippen molar-refractivity contribution in [3.05, 3.63) is 42.5 Å². The smallest absolute Gasteiger partial charge is 0.226 e. The molecule has 128 valence electrons. The molecule has 2 aliphatic rings. The van der Waals surface area contributed by atoms with Crippen LogP contribution in [0, 0.1) is 5.92 Å². The molecule has 3 heterocycles. The number of likely N-dealkylation sites (tertiary alicyclic amines) is 1. The van der Waals surface area contributed by atoms with Crippen molar-refractivity contribution in [3.63, 3.8) is 0 Å². The summed E-state index contributed by atoms with van der Waals surface area (Å²) in [6.45, 7) is 0.899. The molecule has 2 aromatic rings. The first-order valence-corrected chi connectivity index (χ1v) is 9.14. The fourth-order valence-electron chi connectivity index (χ4n) is 4.44. The molecule has 0 aromatic carbocycles. The number of carbonyl (C=O) groups excluding carboxylic acids is 1. The summed E-state index contributed by atoms with van der Waals surface area (Å²) >= 11 is 0. The lowest BCUT2D eigenvalue weighted by molar-refractivity contribution is -0.137. The molecule has 2 aromatic heterocycles. The van der Waals surface area contributed by atoms with Crippen molar-refractivity contribution >= 4 is 5.91 Å². The molecule has 4 rings (SSSR count). The largest absolute Gasteiger partial charge is 0.351 e. The van der Waals surface area contributed by atoms with Crippen LogP contribution in [-0.4, -0.2) is 31.7 Å². The number of nitrogens with zero attached hydrogens (tertiary/aromatic N) is 4. The first kappa shape index (κ1) is 15.5. The summed E-state index contributed by atoms with van der Waals surface area (Å²) in [4.78, 5) is 15.2. The minimum Gasteiger partial charge on any atom is -0.351 e. The van der Waals surface area contributed by atoms with E-state index >= 15 is 0 Å². The Hall–Kier alpha value is -2.04. The maximum absolute atomic E-state index is 13.1. The second kappa shape index (κ2) is 6.46. The molecule has 0 radical (unpaired) electrons. The van der Waals surface area contributed by atoms with Crippen molar-refractivity contribution < 1.29 is 4.79 Å². The zero-order chi connectivity index (χ0) is 16.5. The average molecular weight is 326 g/mol. The predicted octanol–water partition coefficient (Wildman–Crippen LogP) is 3.32. The predicted molar refractivity (Wildman–Crippen MR) is 92.3 cm³/mol. The number of rotatable bonds is 3. The van der Waals surface area contributed by atoms with E-state index in [2.05, 4.69) is 45.3 Å². The molecule has 5 heteroatoms. The highest BCUT2D eigenvalue weighted by Crippen LogP contribution is 2.38. The summed E-state index contributed by atoms with van der Waals surface area (Å²) in [6, 6.07) is 4.96. The number of aryl methyl sites for hydroxylation is 1. The summed E-state index contributed by atoms with van der Waals surface area (Å²) in [7, 11) is 1.94. The van der Waals surface area contributed by atoms with Crippen molar-refractivity contribution in [1.82, 2.24) is 19.2 Å². The van der Waals surface area contributed by atoms with Crippen molar-refractivity contribution in [2.45, 2.75) is 50.6 Å². The van der Waals surface area contributed by atoms with Gasteiger partial charge in [0.1, 0.15) is 0 Å². The third kappa shape index (κ3) is 2.87. The number of carbonyl (C=O) groups is 1. The van der Waals surface area contributed by atoms with E-state index in [1.54, 1.807) is 0 Å². The Morgan fingerprint density at radius 3 is 2.54 bits per heavy atom. The Kier molecular flexibility index (Phi) is 4.17. The molecular weight excluding hydrogens is 300 g/mol. The van der Waals surface area contributed by atoms with Gasteiger partial charge in [-0.05, 0) is 50.7 Å². The molecule has 1 amide bonds. The van der Waals surface area contributed by atoms with Crippen LogP contribution in [0.5, 0.6) is 0 Å². The fraction of sp³-hybridized carbons (Fsp3) is 0.579. The fourth-order valence-corrected chi connectivity index (χ4v) is 4.44. The molecule has 1 saturated heterocycles. The Labute approximate surface area is 143 Å². The minimum absolute atomic E-state index is 0.203. The number of hydrogen-bond acceptors (Lipinski definition) is 2. The van der Waals surface area contributed by atoms with Gasteiger partial charge in [0.25, 0.3) is 0 Å². The zero-order valence-electron chi connectivity index (χ0n) is 14.3. The van der Waals surface area contributed by atoms with Gasteiger partial charge in [0.2, 0.25) is 5.91 Å². The lowest BCUT2D eigenvalue weighted by Gasteiger charge is -2.33. The van der Waals surface area contributed by atoms with Crippen LogP contribution in [0.1, 0.15) is 56.2 Å². The van der Waals surface area contributed by atoms with Crippen molar-refractivity contribution in [2.75, 3.05) is 6.54 Å². The van der Waals surface area contributed by atoms with E-state index in [-0.39, 0.29) is 12.0 Å². The highest BCUT2D eigenvalue weighted by Gasteiger charge is 2.36. The third-order valence-electron chi connectivity index (χ3n) is 5.74. The van der Waals surface area contributed by atoms with Gasteiger partial charge < -0.3 is 9.47 Å². The zero-order valence-corrected chi connectivity index (χ0v) is 14.3. The molecular formula is C19H26N4O. The van der Waals surface area contributed by atoms with Crippen molar-refractivity contribution in [2.24, 2.45) is 13.0 Å². The molecule has 1 saturated carbocycles. The summed E-state index contributed by atoms with van der Waals surface area (Å²) in [5.74, 6) is 0.571. The first-order valence-electron chi connectivity index (χ1n) is 9.14. The Bertz CT molecular complexity index is 682. The Morgan fingerprint density at radius 2 is 1.88 bits per heavy atom. The second-order valence-electron chi connectivity index (χ2n) is 7.27. The van der Waals surface area contributed by atoms with Crippen molar-refractivity contribution in [1.29, 1.82) is 0 Å².